The molecule has 0 fully saturated rings. The third kappa shape index (κ3) is 2.88. The molecule has 0 aliphatic heterocycles. The molecule has 1 aromatic rings. The Morgan fingerprint density at radius 1 is 1.57 bits per heavy atom. The summed E-state index contributed by atoms with van der Waals surface area (Å²) in [5, 5.41) is 1.91. The van der Waals surface area contributed by atoms with Gasteiger partial charge in [-0.15, -0.1) is 0 Å². The van der Waals surface area contributed by atoms with Crippen LogP contribution >= 0.6 is 11.6 Å². The van der Waals surface area contributed by atoms with E-state index < -0.39 is 12.3 Å². The van der Waals surface area contributed by atoms with Crippen molar-refractivity contribution in [3.63, 3.8) is 0 Å². The molecule has 0 saturated carbocycles. The maximum absolute atomic E-state index is 11.8. The highest BCUT2D eigenvalue weighted by atomic mass is 35.5. The number of rotatable bonds is 2. The van der Waals surface area contributed by atoms with E-state index in [1.807, 2.05) is 5.32 Å². The molecule has 4 nitrogen and oxygen atoms in total. The number of aryl methyl sites for hydroxylation is 1. The van der Waals surface area contributed by atoms with Gasteiger partial charge in [-0.2, -0.15) is 8.78 Å². The van der Waals surface area contributed by atoms with Gasteiger partial charge in [0.25, 0.3) is 5.91 Å². The standard InChI is InChI=1S/C7H6ClF2N3O/c1-3-2-4(8)12-7(11-3)13-6(14)5(9)10/h2,5H,1H3,(H,11,12,13,14). The van der Waals surface area contributed by atoms with Crippen LogP contribution in [0.3, 0.4) is 0 Å². The van der Waals surface area contributed by atoms with Crippen molar-refractivity contribution in [2.75, 3.05) is 5.32 Å². The van der Waals surface area contributed by atoms with Crippen LogP contribution in [0.5, 0.6) is 0 Å². The van der Waals surface area contributed by atoms with Crippen molar-refractivity contribution >= 4 is 23.5 Å². The van der Waals surface area contributed by atoms with Crippen LogP contribution in [0.4, 0.5) is 14.7 Å². The number of carbonyl (C=O) groups is 1. The molecule has 76 valence electrons. The molecule has 0 radical (unpaired) electrons. The Morgan fingerprint density at radius 3 is 2.71 bits per heavy atom. The number of hydrogen-bond donors (Lipinski definition) is 1. The van der Waals surface area contributed by atoms with Gasteiger partial charge in [-0.3, -0.25) is 10.1 Å². The summed E-state index contributed by atoms with van der Waals surface area (Å²) in [6.45, 7) is 1.60. The van der Waals surface area contributed by atoms with E-state index in [0.29, 0.717) is 5.69 Å². The second-order valence-corrected chi connectivity index (χ2v) is 2.83. The molecule has 1 N–H and O–H groups in total. The minimum atomic E-state index is -3.10. The molecule has 0 aromatic carbocycles. The number of halogens is 3. The molecule has 1 rings (SSSR count). The largest absolute Gasteiger partial charge is 0.315 e. The first-order chi connectivity index (χ1) is 6.49. The summed E-state index contributed by atoms with van der Waals surface area (Å²) >= 11 is 5.52. The lowest BCUT2D eigenvalue weighted by Crippen LogP contribution is -2.21. The number of nitrogens with zero attached hydrogens (tertiary/aromatic N) is 2. The van der Waals surface area contributed by atoms with E-state index in [2.05, 4.69) is 9.97 Å². The first kappa shape index (κ1) is 10.8. The van der Waals surface area contributed by atoms with Crippen LogP contribution in [0.15, 0.2) is 6.07 Å². The molecule has 0 spiro atoms. The van der Waals surface area contributed by atoms with Gasteiger partial charge < -0.3 is 0 Å². The van der Waals surface area contributed by atoms with Gasteiger partial charge in [0, 0.05) is 5.69 Å². The van der Waals surface area contributed by atoms with Crippen molar-refractivity contribution in [3.8, 4) is 0 Å². The van der Waals surface area contributed by atoms with Crippen LogP contribution in [0.1, 0.15) is 5.69 Å². The zero-order valence-corrected chi connectivity index (χ0v) is 7.85. The van der Waals surface area contributed by atoms with Gasteiger partial charge in [-0.05, 0) is 13.0 Å². The van der Waals surface area contributed by atoms with E-state index in [1.165, 1.54) is 6.07 Å². The zero-order valence-electron chi connectivity index (χ0n) is 7.09. The minimum Gasteiger partial charge on any atom is -0.289 e. The number of anilines is 1. The fraction of sp³-hybridized carbons (Fsp3) is 0.286. The predicted octanol–water partition coefficient (Wildman–Crippen LogP) is 1.64. The van der Waals surface area contributed by atoms with Crippen molar-refractivity contribution in [1.29, 1.82) is 0 Å². The normalized spacial score (nSPS) is 10.4. The van der Waals surface area contributed by atoms with Crippen LogP contribution in [0.25, 0.3) is 0 Å². The molecule has 0 atom stereocenters. The van der Waals surface area contributed by atoms with Crippen molar-refractivity contribution in [2.24, 2.45) is 0 Å². The molecule has 14 heavy (non-hydrogen) atoms. The summed E-state index contributed by atoms with van der Waals surface area (Å²) in [7, 11) is 0. The van der Waals surface area contributed by atoms with E-state index >= 15 is 0 Å². The second kappa shape index (κ2) is 4.28. The zero-order chi connectivity index (χ0) is 10.7. The highest BCUT2D eigenvalue weighted by Gasteiger charge is 2.16. The Kier molecular flexibility index (Phi) is 3.29. The van der Waals surface area contributed by atoms with Crippen LogP contribution in [-0.4, -0.2) is 22.3 Å². The summed E-state index contributed by atoms with van der Waals surface area (Å²) in [5.41, 5.74) is 0.481. The number of aromatic nitrogens is 2. The molecule has 1 heterocycles. The molecule has 0 aliphatic carbocycles. The molecule has 1 amide bonds. The average molecular weight is 222 g/mol. The van der Waals surface area contributed by atoms with Crippen molar-refractivity contribution < 1.29 is 13.6 Å². The molecule has 1 aromatic heterocycles. The molecule has 0 saturated heterocycles. The topological polar surface area (TPSA) is 54.9 Å². The summed E-state index contributed by atoms with van der Waals surface area (Å²) in [4.78, 5) is 17.8. The molecule has 7 heteroatoms. The second-order valence-electron chi connectivity index (χ2n) is 2.45. The first-order valence-corrected chi connectivity index (χ1v) is 3.97. The van der Waals surface area contributed by atoms with E-state index in [4.69, 9.17) is 11.6 Å². The Labute approximate surface area is 83.3 Å². The summed E-state index contributed by atoms with van der Waals surface area (Å²) in [6.07, 6.45) is -3.10. The van der Waals surface area contributed by atoms with Gasteiger partial charge in [-0.25, -0.2) is 9.97 Å². The van der Waals surface area contributed by atoms with Gasteiger partial charge >= 0.3 is 6.43 Å². The van der Waals surface area contributed by atoms with Gasteiger partial charge in [0.05, 0.1) is 0 Å². The Hall–Kier alpha value is -1.30. The van der Waals surface area contributed by atoms with Gasteiger partial charge in [0.15, 0.2) is 0 Å². The highest BCUT2D eigenvalue weighted by molar-refractivity contribution is 6.29. The number of alkyl halides is 2. The molecular formula is C7H6ClF2N3O. The van der Waals surface area contributed by atoms with Gasteiger partial charge in [0.1, 0.15) is 5.15 Å². The van der Waals surface area contributed by atoms with E-state index in [9.17, 15) is 13.6 Å². The predicted molar refractivity (Wildman–Crippen MR) is 46.4 cm³/mol. The molecule has 0 aliphatic rings. The number of carbonyl (C=O) groups excluding carboxylic acids is 1. The minimum absolute atomic E-state index is 0.0852. The Bertz CT molecular complexity index is 339. The van der Waals surface area contributed by atoms with Crippen LogP contribution < -0.4 is 5.32 Å². The monoisotopic (exact) mass is 221 g/mol. The molecular weight excluding hydrogens is 216 g/mol. The van der Waals surface area contributed by atoms with E-state index in [0.717, 1.165) is 0 Å². The lowest BCUT2D eigenvalue weighted by molar-refractivity contribution is -0.126. The van der Waals surface area contributed by atoms with Crippen LogP contribution in [0.2, 0.25) is 5.15 Å². The fourth-order valence-corrected chi connectivity index (χ4v) is 0.989. The Balaban J connectivity index is 2.82. The smallest absolute Gasteiger partial charge is 0.289 e. The van der Waals surface area contributed by atoms with Crippen LogP contribution in [-0.2, 0) is 4.79 Å². The van der Waals surface area contributed by atoms with Crippen LogP contribution in [0, 0.1) is 6.92 Å². The SMILES string of the molecule is Cc1cc(Cl)nc(NC(=O)C(F)F)n1. The number of nitrogens with one attached hydrogen (secondary N) is 1. The summed E-state index contributed by atoms with van der Waals surface area (Å²) in [5.74, 6) is -1.67. The van der Waals surface area contributed by atoms with Crippen molar-refractivity contribution in [1.82, 2.24) is 9.97 Å². The Morgan fingerprint density at radius 2 is 2.21 bits per heavy atom. The summed E-state index contributed by atoms with van der Waals surface area (Å²) < 4.78 is 23.6. The lowest BCUT2D eigenvalue weighted by atomic mass is 10.4. The fourth-order valence-electron chi connectivity index (χ4n) is 0.751. The first-order valence-electron chi connectivity index (χ1n) is 3.59. The van der Waals surface area contributed by atoms with E-state index in [-0.39, 0.29) is 11.1 Å². The van der Waals surface area contributed by atoms with Gasteiger partial charge in [-0.1, -0.05) is 11.6 Å². The van der Waals surface area contributed by atoms with Gasteiger partial charge in [0.2, 0.25) is 5.95 Å². The average Bonchev–Trinajstić information content (AvgIpc) is 2.01. The van der Waals surface area contributed by atoms with E-state index in [1.54, 1.807) is 6.92 Å². The number of amides is 1. The maximum Gasteiger partial charge on any atom is 0.315 e. The molecule has 0 unspecified atom stereocenters. The third-order valence-electron chi connectivity index (χ3n) is 1.26. The van der Waals surface area contributed by atoms with Crippen molar-refractivity contribution in [2.45, 2.75) is 13.3 Å². The van der Waals surface area contributed by atoms with Crippen molar-refractivity contribution in [3.05, 3.63) is 16.9 Å². The quantitative estimate of drug-likeness (QED) is 0.773. The summed E-state index contributed by atoms with van der Waals surface area (Å²) in [6, 6.07) is 1.44. The third-order valence-corrected chi connectivity index (χ3v) is 1.45. The number of hydrogen-bond acceptors (Lipinski definition) is 3. The highest BCUT2D eigenvalue weighted by Crippen LogP contribution is 2.10. The molecule has 0 bridgehead atoms. The maximum atomic E-state index is 11.8. The lowest BCUT2D eigenvalue weighted by Gasteiger charge is -2.03.